The summed E-state index contributed by atoms with van der Waals surface area (Å²) in [5.74, 6) is -0.334. The van der Waals surface area contributed by atoms with Crippen LogP contribution in [-0.4, -0.2) is 17.4 Å². The molecule has 82 valence electrons. The average Bonchev–Trinajstić information content (AvgIpc) is 2.18. The molecule has 0 saturated carbocycles. The molecule has 3 N–H and O–H groups in total. The number of hydrogen-bond donors (Lipinski definition) is 2. The molecule has 0 atom stereocenters. The summed E-state index contributed by atoms with van der Waals surface area (Å²) in [6.45, 7) is -0.114. The van der Waals surface area contributed by atoms with Gasteiger partial charge in [0.1, 0.15) is 0 Å². The average molecular weight is 232 g/mol. The van der Waals surface area contributed by atoms with Crippen molar-refractivity contribution < 1.29 is 9.72 Å². The van der Waals surface area contributed by atoms with Crippen LogP contribution in [0.4, 0.5) is 11.4 Å². The van der Waals surface area contributed by atoms with Crippen molar-refractivity contribution in [2.24, 2.45) is 5.73 Å². The van der Waals surface area contributed by atoms with Crippen LogP contribution >= 0.6 is 12.4 Å². The summed E-state index contributed by atoms with van der Waals surface area (Å²) < 4.78 is 0. The monoisotopic (exact) mass is 231 g/mol. The second-order valence-electron chi connectivity index (χ2n) is 2.56. The van der Waals surface area contributed by atoms with Gasteiger partial charge in [-0.05, 0) is 12.1 Å². The molecule has 0 aliphatic rings. The highest BCUT2D eigenvalue weighted by Crippen LogP contribution is 2.14. The molecule has 1 amide bonds. The molecule has 6 nitrogen and oxygen atoms in total. The quantitative estimate of drug-likeness (QED) is 0.597. The molecule has 0 heterocycles. The predicted molar refractivity (Wildman–Crippen MR) is 58.0 cm³/mol. The lowest BCUT2D eigenvalue weighted by Crippen LogP contribution is -2.21. The Balaban J connectivity index is 0.00000196. The van der Waals surface area contributed by atoms with Crippen molar-refractivity contribution in [1.29, 1.82) is 0 Å². The minimum atomic E-state index is -0.505. The minimum Gasteiger partial charge on any atom is -0.325 e. The van der Waals surface area contributed by atoms with Gasteiger partial charge in [-0.15, -0.1) is 12.4 Å². The summed E-state index contributed by atoms with van der Waals surface area (Å²) >= 11 is 0. The van der Waals surface area contributed by atoms with E-state index >= 15 is 0 Å². The normalized spacial score (nSPS) is 8.87. The number of nitrogens with zero attached hydrogens (tertiary/aromatic N) is 1. The molecule has 0 aliphatic heterocycles. The highest BCUT2D eigenvalue weighted by Gasteiger charge is 2.04. The number of nitro benzene ring substituents is 1. The molecular weight excluding hydrogens is 222 g/mol. The summed E-state index contributed by atoms with van der Waals surface area (Å²) in [6.07, 6.45) is 0. The second-order valence-corrected chi connectivity index (χ2v) is 2.56. The Morgan fingerprint density at radius 2 is 1.93 bits per heavy atom. The van der Waals surface area contributed by atoms with Gasteiger partial charge in [0.05, 0.1) is 11.5 Å². The Morgan fingerprint density at radius 1 is 1.40 bits per heavy atom. The zero-order valence-corrected chi connectivity index (χ0v) is 8.49. The third-order valence-corrected chi connectivity index (χ3v) is 1.55. The van der Waals surface area contributed by atoms with Gasteiger partial charge in [-0.2, -0.15) is 0 Å². The fourth-order valence-corrected chi connectivity index (χ4v) is 0.878. The van der Waals surface area contributed by atoms with Crippen molar-refractivity contribution in [3.8, 4) is 0 Å². The van der Waals surface area contributed by atoms with E-state index in [0.717, 1.165) is 0 Å². The van der Waals surface area contributed by atoms with Crippen molar-refractivity contribution in [2.75, 3.05) is 11.9 Å². The van der Waals surface area contributed by atoms with Gasteiger partial charge in [-0.1, -0.05) is 0 Å². The van der Waals surface area contributed by atoms with Crippen LogP contribution < -0.4 is 11.1 Å². The molecule has 0 spiro atoms. The molecule has 15 heavy (non-hydrogen) atoms. The van der Waals surface area contributed by atoms with Crippen LogP contribution in [0.3, 0.4) is 0 Å². The van der Waals surface area contributed by atoms with Gasteiger partial charge in [0.15, 0.2) is 0 Å². The van der Waals surface area contributed by atoms with Crippen LogP contribution in [0.25, 0.3) is 0 Å². The van der Waals surface area contributed by atoms with E-state index in [2.05, 4.69) is 5.32 Å². The van der Waals surface area contributed by atoms with Gasteiger partial charge in [-0.3, -0.25) is 14.9 Å². The molecule has 0 aliphatic carbocycles. The van der Waals surface area contributed by atoms with Crippen LogP contribution in [0.5, 0.6) is 0 Å². The Kier molecular flexibility index (Phi) is 5.29. The zero-order chi connectivity index (χ0) is 10.6. The maximum atomic E-state index is 10.8. The number of nitro groups is 1. The van der Waals surface area contributed by atoms with E-state index < -0.39 is 4.92 Å². The molecular formula is C8H10ClN3O3. The lowest BCUT2D eigenvalue weighted by molar-refractivity contribution is -0.384. The highest BCUT2D eigenvalue weighted by atomic mass is 35.5. The molecule has 0 fully saturated rings. The first-order valence-electron chi connectivity index (χ1n) is 3.88. The van der Waals surface area contributed by atoms with Gasteiger partial charge >= 0.3 is 0 Å². The van der Waals surface area contributed by atoms with Gasteiger partial charge < -0.3 is 11.1 Å². The largest absolute Gasteiger partial charge is 0.325 e. The van der Waals surface area contributed by atoms with E-state index in [1.807, 2.05) is 0 Å². The lowest BCUT2D eigenvalue weighted by atomic mass is 10.3. The molecule has 0 unspecified atom stereocenters. The van der Waals surface area contributed by atoms with E-state index in [1.165, 1.54) is 24.3 Å². The van der Waals surface area contributed by atoms with Gasteiger partial charge in [0.25, 0.3) is 5.69 Å². The smallest absolute Gasteiger partial charge is 0.269 e. The van der Waals surface area contributed by atoms with Crippen molar-refractivity contribution in [3.05, 3.63) is 34.4 Å². The van der Waals surface area contributed by atoms with Crippen molar-refractivity contribution in [3.63, 3.8) is 0 Å². The topological polar surface area (TPSA) is 98.3 Å². The number of rotatable bonds is 3. The third kappa shape index (κ3) is 3.92. The van der Waals surface area contributed by atoms with E-state index in [9.17, 15) is 14.9 Å². The summed E-state index contributed by atoms with van der Waals surface area (Å²) in [5, 5.41) is 12.8. The van der Waals surface area contributed by atoms with Crippen molar-refractivity contribution in [1.82, 2.24) is 0 Å². The second kappa shape index (κ2) is 5.94. The number of carbonyl (C=O) groups is 1. The van der Waals surface area contributed by atoms with Crippen LogP contribution in [0.15, 0.2) is 24.3 Å². The van der Waals surface area contributed by atoms with Crippen LogP contribution in [0.1, 0.15) is 0 Å². The Bertz CT molecular complexity index is 353. The first kappa shape index (κ1) is 13.3. The highest BCUT2D eigenvalue weighted by molar-refractivity contribution is 5.92. The van der Waals surface area contributed by atoms with E-state index in [0.29, 0.717) is 5.69 Å². The third-order valence-electron chi connectivity index (χ3n) is 1.55. The molecule has 1 rings (SSSR count). The fraction of sp³-hybridized carbons (Fsp3) is 0.125. The molecule has 0 aromatic heterocycles. The Hall–Kier alpha value is -1.66. The first-order valence-corrected chi connectivity index (χ1v) is 3.88. The number of amides is 1. The van der Waals surface area contributed by atoms with Crippen LogP contribution in [0.2, 0.25) is 0 Å². The lowest BCUT2D eigenvalue weighted by Gasteiger charge is -2.01. The summed E-state index contributed by atoms with van der Waals surface area (Å²) in [4.78, 5) is 20.6. The van der Waals surface area contributed by atoms with Crippen molar-refractivity contribution >= 4 is 29.7 Å². The molecule has 7 heteroatoms. The Morgan fingerprint density at radius 3 is 2.33 bits per heavy atom. The maximum absolute atomic E-state index is 10.8. The van der Waals surface area contributed by atoms with Gasteiger partial charge in [0, 0.05) is 17.8 Å². The van der Waals surface area contributed by atoms with Crippen LogP contribution in [-0.2, 0) is 4.79 Å². The number of nitrogens with two attached hydrogens (primary N) is 1. The van der Waals surface area contributed by atoms with E-state index in [-0.39, 0.29) is 30.5 Å². The molecule has 0 bridgehead atoms. The van der Waals surface area contributed by atoms with E-state index in [4.69, 9.17) is 5.73 Å². The Labute approximate surface area is 92.0 Å². The number of hydrogen-bond acceptors (Lipinski definition) is 4. The zero-order valence-electron chi connectivity index (χ0n) is 7.67. The number of halogens is 1. The van der Waals surface area contributed by atoms with Gasteiger partial charge in [-0.25, -0.2) is 0 Å². The molecule has 0 saturated heterocycles. The van der Waals surface area contributed by atoms with Gasteiger partial charge in [0.2, 0.25) is 5.91 Å². The number of nitrogens with one attached hydrogen (secondary N) is 1. The SMILES string of the molecule is Cl.NCC(=O)Nc1ccc([N+](=O)[O-])cc1. The van der Waals surface area contributed by atoms with E-state index in [1.54, 1.807) is 0 Å². The summed E-state index contributed by atoms with van der Waals surface area (Å²) in [5.41, 5.74) is 5.55. The fourth-order valence-electron chi connectivity index (χ4n) is 0.878. The standard InChI is InChI=1S/C8H9N3O3.ClH/c9-5-8(12)10-6-1-3-7(4-2-6)11(13)14;/h1-4H,5,9H2,(H,10,12);1H. The minimum absolute atomic E-state index is 0. The number of non-ortho nitro benzene ring substituents is 1. The first-order chi connectivity index (χ1) is 6.63. The molecule has 1 aromatic rings. The number of carbonyl (C=O) groups excluding carboxylic acids is 1. The summed E-state index contributed by atoms with van der Waals surface area (Å²) in [6, 6.07) is 5.52. The molecule has 0 radical (unpaired) electrons. The van der Waals surface area contributed by atoms with Crippen molar-refractivity contribution in [2.45, 2.75) is 0 Å². The summed E-state index contributed by atoms with van der Waals surface area (Å²) in [7, 11) is 0. The predicted octanol–water partition coefficient (Wildman–Crippen LogP) is 0.914. The molecule has 1 aromatic carbocycles. The maximum Gasteiger partial charge on any atom is 0.269 e. The number of benzene rings is 1. The van der Waals surface area contributed by atoms with Crippen LogP contribution in [0, 0.1) is 10.1 Å². The number of anilines is 1.